The topological polar surface area (TPSA) is 345 Å². The van der Waals surface area contributed by atoms with Crippen molar-refractivity contribution in [1.29, 1.82) is 0 Å². The molecule has 10 aliphatic rings. The molecule has 14 aromatic rings. The summed E-state index contributed by atoms with van der Waals surface area (Å²) in [7, 11) is 14.6. The number of hydrogen-bond donors (Lipinski definition) is 0. The Bertz CT molecular complexity index is 6800. The summed E-state index contributed by atoms with van der Waals surface area (Å²) in [5, 5.41) is 31.1. The largest absolute Gasteiger partial charge is 0.381 e. The zero-order valence-corrected chi connectivity index (χ0v) is 75.3. The van der Waals surface area contributed by atoms with Gasteiger partial charge in [0, 0.05) is 198 Å². The van der Waals surface area contributed by atoms with E-state index in [-0.39, 0.29) is 96.0 Å². The molecule has 2 aliphatic carbocycles. The maximum absolute atomic E-state index is 15.7. The molecule has 2 saturated carbocycles. The molecule has 0 unspecified atom stereocenters. The first kappa shape index (κ1) is 84.7. The molecule has 24 rings (SSSR count). The van der Waals surface area contributed by atoms with Crippen molar-refractivity contribution in [1.82, 2.24) is 107 Å². The highest BCUT2D eigenvalue weighted by Gasteiger charge is 2.44. The van der Waals surface area contributed by atoms with Gasteiger partial charge in [-0.2, -0.15) is 20.4 Å². The van der Waals surface area contributed by atoms with E-state index >= 15 is 8.78 Å². The minimum absolute atomic E-state index is 0.0387. The average molecular weight is 1790 g/mol. The van der Waals surface area contributed by atoms with Gasteiger partial charge in [0.25, 0.3) is 0 Å². The van der Waals surface area contributed by atoms with Crippen molar-refractivity contribution in [2.45, 2.75) is 166 Å². The molecule has 676 valence electrons. The van der Waals surface area contributed by atoms with Gasteiger partial charge in [-0.3, -0.25) is 47.9 Å². The number of imidazole rings is 4. The second kappa shape index (κ2) is 33.0. The SMILES string of the molecule is C[C@@H]1C(=O)N(C)Cc2c(-c3cc4c(-c5cnn(C)c5)nn(C)c4cc3F)nc(C3CCOCC3)n21.C[C@@H]1C(=O)N(C)Cc2c(-c3cccc4cc(C5=NOC(=O)C5)ncc34)nc(C3CC3)n21.C[C@H]1C(=O)N(C)Cc2c(-c3cc4c(-c5cnn(C)c5)nn(C)c4cc3F)nc(C3CCOCC3)n21.C[C@H]1C(=O)N(C)Cc2c(-c3cccc4cc(C5=NOC(=O)C5)ncc34)nc(C3CC3)n21. The summed E-state index contributed by atoms with van der Waals surface area (Å²) in [6.45, 7) is 12.2. The van der Waals surface area contributed by atoms with E-state index in [4.69, 9.17) is 39.1 Å². The minimum Gasteiger partial charge on any atom is -0.381 e. The van der Waals surface area contributed by atoms with Crippen LogP contribution in [0.1, 0.15) is 197 Å². The summed E-state index contributed by atoms with van der Waals surface area (Å²) >= 11 is 0. The second-order valence-corrected chi connectivity index (χ2v) is 36.3. The molecule has 10 aromatic heterocycles. The van der Waals surface area contributed by atoms with Crippen LogP contribution in [0.5, 0.6) is 0 Å². The van der Waals surface area contributed by atoms with Crippen LogP contribution in [-0.2, 0) is 102 Å². The Balaban J connectivity index is 0.000000106. The summed E-state index contributed by atoms with van der Waals surface area (Å²) in [6, 6.07) is 21.5. The first-order valence-electron chi connectivity index (χ1n) is 44.9. The number of carbonyl (C=O) groups is 6. The number of likely N-dealkylation sites (N-methyl/N-ethyl adjacent to an activating group) is 4. The van der Waals surface area contributed by atoms with Gasteiger partial charge in [0.2, 0.25) is 23.6 Å². The number of rotatable bonds is 12. The van der Waals surface area contributed by atoms with E-state index in [1.807, 2.05) is 152 Å². The van der Waals surface area contributed by atoms with Gasteiger partial charge in [-0.1, -0.05) is 46.7 Å². The molecular weight excluding hydrogens is 1690 g/mol. The van der Waals surface area contributed by atoms with Gasteiger partial charge in [0.1, 0.15) is 81.9 Å². The summed E-state index contributed by atoms with van der Waals surface area (Å²) in [5.74, 6) is 3.84. The lowest BCUT2D eigenvalue weighted by atomic mass is 9.98. The molecule has 4 fully saturated rings. The lowest BCUT2D eigenvalue weighted by molar-refractivity contribution is -0.140. The Labute approximate surface area is 755 Å². The van der Waals surface area contributed by atoms with E-state index in [0.29, 0.717) is 121 Å². The minimum atomic E-state index is -0.390. The average Bonchev–Trinajstić information content (AvgIpc) is 1.56. The second-order valence-electron chi connectivity index (χ2n) is 36.3. The molecular formula is C96H98F2N24O10. The number of benzene rings is 4. The van der Waals surface area contributed by atoms with Crippen molar-refractivity contribution in [2.24, 2.45) is 38.5 Å². The van der Waals surface area contributed by atoms with E-state index in [1.54, 1.807) is 64.8 Å². The number of aryl methyl sites for hydroxylation is 4. The summed E-state index contributed by atoms with van der Waals surface area (Å²) in [6.07, 6.45) is 19.0. The number of nitrogens with zero attached hydrogens (tertiary/aromatic N) is 24. The Morgan fingerprint density at radius 3 is 1.00 bits per heavy atom. The van der Waals surface area contributed by atoms with Crippen LogP contribution >= 0.6 is 0 Å². The maximum Gasteiger partial charge on any atom is 0.341 e. The number of carbonyl (C=O) groups excluding carboxylic acids is 6. The quantitative estimate of drug-likeness (QED) is 0.103. The summed E-state index contributed by atoms with van der Waals surface area (Å²) in [4.78, 5) is 120. The summed E-state index contributed by atoms with van der Waals surface area (Å²) < 4.78 is 57.7. The normalized spacial score (nSPS) is 19.9. The number of oxime groups is 2. The first-order valence-corrected chi connectivity index (χ1v) is 44.9. The molecule has 8 aliphatic heterocycles. The number of pyridine rings is 2. The Morgan fingerprint density at radius 2 is 0.697 bits per heavy atom. The third kappa shape index (κ3) is 14.7. The van der Waals surface area contributed by atoms with E-state index in [1.165, 1.54) is 12.1 Å². The zero-order chi connectivity index (χ0) is 91.4. The van der Waals surface area contributed by atoms with Crippen LogP contribution in [0.15, 0.2) is 120 Å². The van der Waals surface area contributed by atoms with Crippen molar-refractivity contribution < 1.29 is 56.7 Å². The van der Waals surface area contributed by atoms with Crippen molar-refractivity contribution >= 4 is 90.3 Å². The van der Waals surface area contributed by atoms with E-state index in [9.17, 15) is 28.8 Å². The number of amides is 4. The van der Waals surface area contributed by atoms with Gasteiger partial charge >= 0.3 is 11.9 Å². The number of halogens is 2. The lowest BCUT2D eigenvalue weighted by Crippen LogP contribution is -2.40. The number of ether oxygens (including phenoxy) is 2. The van der Waals surface area contributed by atoms with Gasteiger partial charge in [0.05, 0.1) is 119 Å². The molecule has 2 saturated heterocycles. The highest BCUT2D eigenvalue weighted by atomic mass is 19.1. The third-order valence-electron chi connectivity index (χ3n) is 27.4. The van der Waals surface area contributed by atoms with Crippen molar-refractivity contribution in [3.8, 4) is 67.5 Å². The predicted molar refractivity (Wildman–Crippen MR) is 483 cm³/mol. The smallest absolute Gasteiger partial charge is 0.341 e. The third-order valence-corrected chi connectivity index (χ3v) is 27.4. The molecule has 0 spiro atoms. The fourth-order valence-electron chi connectivity index (χ4n) is 20.2. The predicted octanol–water partition coefficient (Wildman–Crippen LogP) is 13.1. The van der Waals surface area contributed by atoms with E-state index < -0.39 is 0 Å². The maximum atomic E-state index is 15.7. The Hall–Kier alpha value is -14.2. The van der Waals surface area contributed by atoms with Gasteiger partial charge in [0.15, 0.2) is 0 Å². The fourth-order valence-corrected chi connectivity index (χ4v) is 20.2. The monoisotopic (exact) mass is 1780 g/mol. The van der Waals surface area contributed by atoms with Gasteiger partial charge in [-0.15, -0.1) is 0 Å². The molecule has 132 heavy (non-hydrogen) atoms. The summed E-state index contributed by atoms with van der Waals surface area (Å²) in [5.41, 5.74) is 16.8. The molecule has 4 aromatic carbocycles. The first-order chi connectivity index (χ1) is 63.7. The molecule has 0 bridgehead atoms. The van der Waals surface area contributed by atoms with Crippen LogP contribution in [0.25, 0.3) is 111 Å². The van der Waals surface area contributed by atoms with E-state index in [2.05, 4.69) is 61.9 Å². The zero-order valence-electron chi connectivity index (χ0n) is 75.3. The highest BCUT2D eigenvalue weighted by Crippen LogP contribution is 2.49. The van der Waals surface area contributed by atoms with Gasteiger partial charge < -0.3 is 57.0 Å². The van der Waals surface area contributed by atoms with Gasteiger partial charge in [-0.25, -0.2) is 38.3 Å². The van der Waals surface area contributed by atoms with Crippen LogP contribution < -0.4 is 0 Å². The Morgan fingerprint density at radius 1 is 0.371 bits per heavy atom. The van der Waals surface area contributed by atoms with Crippen molar-refractivity contribution in [2.75, 3.05) is 54.6 Å². The molecule has 0 radical (unpaired) electrons. The number of aromatic nitrogens is 18. The molecule has 4 atom stereocenters. The molecule has 36 heteroatoms. The Kier molecular flexibility index (Phi) is 21.2. The highest BCUT2D eigenvalue weighted by molar-refractivity contribution is 6.13. The molecule has 34 nitrogen and oxygen atoms in total. The van der Waals surface area contributed by atoms with Crippen LogP contribution in [0, 0.1) is 11.6 Å². The standard InChI is InChI=1S/2C25H28FN7O2.2C23H21N5O3/c2*1-14-25(34)30(2)13-21-23(28-24(33(14)21)15-5-7-35-8-6-15)17-9-18-20(10-19(17)26)32(4)29-22(18)16-11-27-31(3)12-16;2*1-12-23(30)27(2)11-19-21(25-22(28(12)19)13-6-7-13)15-5-3-4-14-8-17(24-10-16(14)15)18-9-20(29)31-26-18/h2*9-12,14-15H,5-8,13H2,1-4H3;2*3-5,8,10,12-13H,6-7,9,11H2,1-2H3/t2*14-;2*12-/m1010/s1. The van der Waals surface area contributed by atoms with Crippen LogP contribution in [-0.4, -0.2) is 209 Å². The van der Waals surface area contributed by atoms with E-state index in [0.717, 1.165) is 175 Å². The van der Waals surface area contributed by atoms with Gasteiger partial charge in [-0.05, 0) is 114 Å². The fraction of sp³-hybridized carbons (Fsp3) is 0.396. The number of hydrogen-bond acceptors (Lipinski definition) is 22. The molecule has 18 heterocycles. The van der Waals surface area contributed by atoms with Crippen LogP contribution in [0.2, 0.25) is 0 Å². The molecule has 0 N–H and O–H groups in total. The van der Waals surface area contributed by atoms with Crippen molar-refractivity contribution in [3.05, 3.63) is 179 Å². The molecule has 4 amide bonds. The van der Waals surface area contributed by atoms with Crippen molar-refractivity contribution in [3.63, 3.8) is 0 Å². The van der Waals surface area contributed by atoms with Crippen LogP contribution in [0.4, 0.5) is 8.78 Å². The van der Waals surface area contributed by atoms with Crippen LogP contribution in [0.3, 0.4) is 0 Å². The lowest BCUT2D eigenvalue weighted by Gasteiger charge is -2.32. The number of fused-ring (bicyclic) bond motifs is 8.